The van der Waals surface area contributed by atoms with Gasteiger partial charge < -0.3 is 10.2 Å². The van der Waals surface area contributed by atoms with Gasteiger partial charge in [0.2, 0.25) is 0 Å². The van der Waals surface area contributed by atoms with Gasteiger partial charge in [0.05, 0.1) is 0 Å². The van der Waals surface area contributed by atoms with E-state index in [1.165, 1.54) is 89.8 Å². The largest absolute Gasteiger partial charge is 0.315 e. The molecule has 1 saturated carbocycles. The van der Waals surface area contributed by atoms with Crippen LogP contribution in [-0.4, -0.2) is 80.1 Å². The number of rotatable bonds is 2. The summed E-state index contributed by atoms with van der Waals surface area (Å²) >= 11 is 0. The molecule has 29 heavy (non-hydrogen) atoms. The van der Waals surface area contributed by atoms with Gasteiger partial charge in [0.25, 0.3) is 0 Å². The highest BCUT2D eigenvalue weighted by molar-refractivity contribution is 5.19. The van der Waals surface area contributed by atoms with E-state index >= 15 is 0 Å². The Labute approximate surface area is 178 Å². The molecular weight excluding hydrogens is 356 g/mol. The summed E-state index contributed by atoms with van der Waals surface area (Å²) in [5, 5.41) is 3.80. The fraction of sp³-hybridized carbons (Fsp3) is 0.760. The van der Waals surface area contributed by atoms with E-state index in [9.17, 15) is 0 Å². The number of hydrogen-bond acceptors (Lipinski definition) is 4. The summed E-state index contributed by atoms with van der Waals surface area (Å²) < 4.78 is 0. The first kappa shape index (κ1) is 21.3. The molecule has 1 N–H and O–H groups in total. The van der Waals surface area contributed by atoms with E-state index in [1.54, 1.807) is 0 Å². The van der Waals surface area contributed by atoms with Gasteiger partial charge in [-0.1, -0.05) is 49.6 Å². The Morgan fingerprint density at radius 2 is 1.48 bits per heavy atom. The van der Waals surface area contributed by atoms with E-state index in [2.05, 4.69) is 57.4 Å². The summed E-state index contributed by atoms with van der Waals surface area (Å²) in [6, 6.07) is 12.6. The second-order valence-electron chi connectivity index (χ2n) is 9.59. The lowest BCUT2D eigenvalue weighted by Crippen LogP contribution is -2.52. The van der Waals surface area contributed by atoms with Crippen LogP contribution in [0.5, 0.6) is 0 Å². The average molecular weight is 399 g/mol. The zero-order valence-corrected chi connectivity index (χ0v) is 18.6. The topological polar surface area (TPSA) is 21.8 Å². The van der Waals surface area contributed by atoms with Crippen LogP contribution in [0, 0.1) is 5.92 Å². The van der Waals surface area contributed by atoms with E-state index in [0.29, 0.717) is 6.04 Å². The monoisotopic (exact) mass is 398 g/mol. The Hall–Kier alpha value is -0.940. The van der Waals surface area contributed by atoms with Gasteiger partial charge >= 0.3 is 0 Å². The molecule has 2 bridgehead atoms. The van der Waals surface area contributed by atoms with E-state index in [-0.39, 0.29) is 0 Å². The van der Waals surface area contributed by atoms with Crippen molar-refractivity contribution >= 4 is 0 Å². The van der Waals surface area contributed by atoms with Crippen LogP contribution in [-0.2, 0) is 0 Å². The van der Waals surface area contributed by atoms with Crippen molar-refractivity contribution in [3.05, 3.63) is 35.9 Å². The minimum absolute atomic E-state index is 0.535. The maximum atomic E-state index is 3.80. The van der Waals surface area contributed by atoms with Gasteiger partial charge in [0.1, 0.15) is 0 Å². The van der Waals surface area contributed by atoms with Crippen LogP contribution in [0.15, 0.2) is 30.3 Å². The van der Waals surface area contributed by atoms with Gasteiger partial charge in [-0.3, -0.25) is 9.80 Å². The van der Waals surface area contributed by atoms with E-state index in [0.717, 1.165) is 25.0 Å². The van der Waals surface area contributed by atoms with E-state index in [4.69, 9.17) is 0 Å². The zero-order valence-electron chi connectivity index (χ0n) is 18.6. The Balaban J connectivity index is 1.56. The Kier molecular flexibility index (Phi) is 8.01. The molecular formula is C25H42N4. The molecule has 4 nitrogen and oxygen atoms in total. The van der Waals surface area contributed by atoms with Crippen LogP contribution >= 0.6 is 0 Å². The quantitative estimate of drug-likeness (QED) is 0.821. The van der Waals surface area contributed by atoms with Crippen molar-refractivity contribution < 1.29 is 0 Å². The lowest BCUT2D eigenvalue weighted by Gasteiger charge is -2.43. The van der Waals surface area contributed by atoms with E-state index in [1.807, 2.05) is 0 Å². The van der Waals surface area contributed by atoms with Crippen molar-refractivity contribution in [2.24, 2.45) is 5.92 Å². The third-order valence-electron chi connectivity index (χ3n) is 7.71. The summed E-state index contributed by atoms with van der Waals surface area (Å²) in [6.07, 6.45) is 9.82. The SMILES string of the molecule is CN1CCC(c2ccccc2)N2CCNCCC(C3CCCCC3)N(CC1)CC2. The van der Waals surface area contributed by atoms with Crippen LogP contribution in [0.25, 0.3) is 0 Å². The maximum Gasteiger partial charge on any atom is 0.0361 e. The van der Waals surface area contributed by atoms with Gasteiger partial charge in [-0.15, -0.1) is 0 Å². The molecule has 2 saturated heterocycles. The molecule has 1 aliphatic carbocycles. The number of nitrogens with one attached hydrogen (secondary N) is 1. The Morgan fingerprint density at radius 3 is 2.31 bits per heavy atom. The zero-order chi connectivity index (χ0) is 19.9. The van der Waals surface area contributed by atoms with Gasteiger partial charge in [0.15, 0.2) is 0 Å². The second-order valence-corrected chi connectivity index (χ2v) is 9.59. The standard InChI is InChI=1S/C25H42N4/c1-27-16-13-25(23-10-6-3-7-11-23)28-17-15-26-14-12-24(22-8-4-2-5-9-22)29(19-18-27)21-20-28/h3,6-7,10-11,22,24-26H,2,4-5,8-9,12-21H2,1H3. The van der Waals surface area contributed by atoms with Crippen LogP contribution in [0.3, 0.4) is 0 Å². The first-order valence-electron chi connectivity index (χ1n) is 12.2. The van der Waals surface area contributed by atoms with Crippen molar-refractivity contribution in [3.63, 3.8) is 0 Å². The van der Waals surface area contributed by atoms with Gasteiger partial charge in [0, 0.05) is 51.4 Å². The number of hydrogen-bond donors (Lipinski definition) is 1. The second kappa shape index (κ2) is 10.9. The third kappa shape index (κ3) is 5.81. The number of fused-ring (bicyclic) bond motifs is 3. The fourth-order valence-corrected chi connectivity index (χ4v) is 5.95. The van der Waals surface area contributed by atoms with Crippen LogP contribution < -0.4 is 5.32 Å². The van der Waals surface area contributed by atoms with Crippen molar-refractivity contribution in [2.75, 3.05) is 59.4 Å². The van der Waals surface area contributed by atoms with Crippen LogP contribution in [0.2, 0.25) is 0 Å². The van der Waals surface area contributed by atoms with Crippen molar-refractivity contribution in [1.82, 2.24) is 20.0 Å². The molecule has 4 rings (SSSR count). The minimum Gasteiger partial charge on any atom is -0.315 e. The molecule has 0 radical (unpaired) electrons. The van der Waals surface area contributed by atoms with Gasteiger partial charge in [-0.05, 0) is 57.3 Å². The number of likely N-dealkylation sites (N-methyl/N-ethyl adjacent to an activating group) is 1. The third-order valence-corrected chi connectivity index (χ3v) is 7.71. The summed E-state index contributed by atoms with van der Waals surface area (Å²) in [5.74, 6) is 0.914. The molecule has 0 amide bonds. The molecule has 2 heterocycles. The first-order valence-corrected chi connectivity index (χ1v) is 12.2. The minimum atomic E-state index is 0.535. The van der Waals surface area contributed by atoms with Crippen LogP contribution in [0.4, 0.5) is 0 Å². The highest BCUT2D eigenvalue weighted by Gasteiger charge is 2.31. The predicted octanol–water partition coefficient (Wildman–Crippen LogP) is 3.61. The molecule has 2 aliphatic heterocycles. The first-order chi connectivity index (χ1) is 14.3. The van der Waals surface area contributed by atoms with Crippen LogP contribution in [0.1, 0.15) is 56.6 Å². The molecule has 0 aromatic heterocycles. The lowest BCUT2D eigenvalue weighted by atomic mass is 9.81. The molecule has 0 spiro atoms. The Morgan fingerprint density at radius 1 is 0.724 bits per heavy atom. The maximum absolute atomic E-state index is 3.80. The fourth-order valence-electron chi connectivity index (χ4n) is 5.95. The highest BCUT2D eigenvalue weighted by Crippen LogP contribution is 2.32. The van der Waals surface area contributed by atoms with Gasteiger partial charge in [-0.25, -0.2) is 0 Å². The molecule has 1 aromatic carbocycles. The summed E-state index contributed by atoms with van der Waals surface area (Å²) in [5.41, 5.74) is 1.49. The van der Waals surface area contributed by atoms with E-state index < -0.39 is 0 Å². The van der Waals surface area contributed by atoms with Crippen molar-refractivity contribution in [1.29, 1.82) is 0 Å². The normalized spacial score (nSPS) is 34.0. The smallest absolute Gasteiger partial charge is 0.0361 e. The molecule has 4 heteroatoms. The van der Waals surface area contributed by atoms with Crippen molar-refractivity contribution in [2.45, 2.75) is 57.0 Å². The predicted molar refractivity (Wildman–Crippen MR) is 122 cm³/mol. The van der Waals surface area contributed by atoms with Gasteiger partial charge in [-0.2, -0.15) is 0 Å². The van der Waals surface area contributed by atoms with Crippen molar-refractivity contribution in [3.8, 4) is 0 Å². The highest BCUT2D eigenvalue weighted by atomic mass is 15.3. The molecule has 1 aromatic rings. The molecule has 4 unspecified atom stereocenters. The summed E-state index contributed by atoms with van der Waals surface area (Å²) in [6.45, 7) is 9.52. The number of nitrogens with zero attached hydrogens (tertiary/aromatic N) is 3. The molecule has 4 atom stereocenters. The lowest BCUT2D eigenvalue weighted by molar-refractivity contribution is 0.0598. The number of benzene rings is 1. The summed E-state index contributed by atoms with van der Waals surface area (Å²) in [7, 11) is 2.33. The molecule has 3 fully saturated rings. The molecule has 3 aliphatic rings. The molecule has 162 valence electrons. The average Bonchev–Trinajstić information content (AvgIpc) is 2.78. The summed E-state index contributed by atoms with van der Waals surface area (Å²) in [4.78, 5) is 8.24. The Bertz CT molecular complexity index is 586.